The first-order valence-electron chi connectivity index (χ1n) is 8.68. The Morgan fingerprint density at radius 1 is 0.931 bits per heavy atom. The van der Waals surface area contributed by atoms with Crippen LogP contribution in [0, 0.1) is 0 Å². The van der Waals surface area contributed by atoms with Crippen LogP contribution in [0.3, 0.4) is 0 Å². The van der Waals surface area contributed by atoms with Crippen LogP contribution in [0.15, 0.2) is 73.3 Å². The van der Waals surface area contributed by atoms with Gasteiger partial charge in [0.1, 0.15) is 12.7 Å². The molecule has 29 heavy (non-hydrogen) atoms. The summed E-state index contributed by atoms with van der Waals surface area (Å²) in [5.41, 5.74) is 4.26. The molecule has 0 unspecified atom stereocenters. The quantitative estimate of drug-likeness (QED) is 0.505. The Bertz CT molecular complexity index is 1290. The van der Waals surface area contributed by atoms with Crippen molar-refractivity contribution in [3.63, 3.8) is 0 Å². The lowest BCUT2D eigenvalue weighted by Crippen LogP contribution is -2.12. The van der Waals surface area contributed by atoms with Crippen molar-refractivity contribution in [2.24, 2.45) is 0 Å². The minimum atomic E-state index is -0.225. The standard InChI is InChI=1S/C19H13N9O/c29-19(14-2-1-3-16(10-14)27-12-21-25-26-27)22-15-6-4-13(5-7-15)17-8-9-18-23-20-11-28(18)24-17/h1-12H,(H,22,29). The number of hydrogen-bond donors (Lipinski definition) is 1. The Hall–Kier alpha value is -4.47. The molecule has 1 N–H and O–H groups in total. The smallest absolute Gasteiger partial charge is 0.255 e. The molecule has 0 saturated carbocycles. The van der Waals surface area contributed by atoms with E-state index in [2.05, 4.69) is 36.1 Å². The molecule has 0 aliphatic rings. The average Bonchev–Trinajstić information content (AvgIpc) is 3.46. The molecular formula is C19H13N9O. The highest BCUT2D eigenvalue weighted by Crippen LogP contribution is 2.20. The summed E-state index contributed by atoms with van der Waals surface area (Å²) in [4.78, 5) is 12.6. The number of nitrogens with zero attached hydrogens (tertiary/aromatic N) is 8. The monoisotopic (exact) mass is 383 g/mol. The maximum atomic E-state index is 12.6. The summed E-state index contributed by atoms with van der Waals surface area (Å²) in [6.07, 6.45) is 3.03. The lowest BCUT2D eigenvalue weighted by molar-refractivity contribution is 0.102. The van der Waals surface area contributed by atoms with Gasteiger partial charge in [-0.3, -0.25) is 4.79 Å². The fourth-order valence-electron chi connectivity index (χ4n) is 2.88. The van der Waals surface area contributed by atoms with Crippen LogP contribution in [0.1, 0.15) is 10.4 Å². The predicted octanol–water partition coefficient (Wildman–Crippen LogP) is 2.02. The second kappa shape index (κ2) is 6.93. The summed E-state index contributed by atoms with van der Waals surface area (Å²) in [6, 6.07) is 18.2. The largest absolute Gasteiger partial charge is 0.322 e. The molecule has 5 aromatic rings. The average molecular weight is 383 g/mol. The first-order chi connectivity index (χ1) is 14.3. The number of carbonyl (C=O) groups excluding carboxylic acids is 1. The molecule has 1 amide bonds. The number of hydrogen-bond acceptors (Lipinski definition) is 7. The van der Waals surface area contributed by atoms with Crippen LogP contribution in [-0.2, 0) is 0 Å². The topological polar surface area (TPSA) is 116 Å². The van der Waals surface area contributed by atoms with Crippen molar-refractivity contribution >= 4 is 17.2 Å². The highest BCUT2D eigenvalue weighted by Gasteiger charge is 2.09. The van der Waals surface area contributed by atoms with Gasteiger partial charge in [-0.15, -0.1) is 15.3 Å². The van der Waals surface area contributed by atoms with E-state index in [-0.39, 0.29) is 5.91 Å². The van der Waals surface area contributed by atoms with Crippen LogP contribution < -0.4 is 5.32 Å². The maximum absolute atomic E-state index is 12.6. The molecule has 0 aliphatic heterocycles. The van der Waals surface area contributed by atoms with E-state index in [0.717, 1.165) is 11.3 Å². The van der Waals surface area contributed by atoms with E-state index in [4.69, 9.17) is 0 Å². The van der Waals surface area contributed by atoms with Crippen molar-refractivity contribution in [3.8, 4) is 16.9 Å². The van der Waals surface area contributed by atoms with Crippen molar-refractivity contribution in [1.82, 2.24) is 40.0 Å². The van der Waals surface area contributed by atoms with Crippen LogP contribution in [0.25, 0.3) is 22.6 Å². The van der Waals surface area contributed by atoms with Gasteiger partial charge >= 0.3 is 0 Å². The van der Waals surface area contributed by atoms with Gasteiger partial charge in [-0.25, -0.2) is 4.68 Å². The van der Waals surface area contributed by atoms with Crippen LogP contribution >= 0.6 is 0 Å². The molecule has 140 valence electrons. The molecule has 3 aromatic heterocycles. The molecule has 3 heterocycles. The van der Waals surface area contributed by atoms with E-state index in [1.807, 2.05) is 42.5 Å². The summed E-state index contributed by atoms with van der Waals surface area (Å²) < 4.78 is 3.11. The van der Waals surface area contributed by atoms with Gasteiger partial charge in [0.15, 0.2) is 5.65 Å². The first-order valence-corrected chi connectivity index (χ1v) is 8.68. The number of benzene rings is 2. The minimum Gasteiger partial charge on any atom is -0.322 e. The highest BCUT2D eigenvalue weighted by atomic mass is 16.1. The number of tetrazole rings is 1. The van der Waals surface area contributed by atoms with Gasteiger partial charge in [0.25, 0.3) is 5.91 Å². The molecule has 0 bridgehead atoms. The van der Waals surface area contributed by atoms with Gasteiger partial charge < -0.3 is 5.32 Å². The number of anilines is 1. The normalized spacial score (nSPS) is 10.9. The molecule has 10 nitrogen and oxygen atoms in total. The van der Waals surface area contributed by atoms with Gasteiger partial charge in [-0.05, 0) is 52.9 Å². The summed E-state index contributed by atoms with van der Waals surface area (Å²) in [5.74, 6) is -0.225. The van der Waals surface area contributed by atoms with Crippen molar-refractivity contribution in [1.29, 1.82) is 0 Å². The summed E-state index contributed by atoms with van der Waals surface area (Å²) in [6.45, 7) is 0. The third-order valence-electron chi connectivity index (χ3n) is 4.32. The van der Waals surface area contributed by atoms with E-state index in [0.29, 0.717) is 22.6 Å². The van der Waals surface area contributed by atoms with Crippen molar-refractivity contribution in [2.45, 2.75) is 0 Å². The predicted molar refractivity (Wildman–Crippen MR) is 103 cm³/mol. The lowest BCUT2D eigenvalue weighted by Gasteiger charge is -2.08. The van der Waals surface area contributed by atoms with Crippen LogP contribution in [0.4, 0.5) is 5.69 Å². The van der Waals surface area contributed by atoms with E-state index >= 15 is 0 Å². The molecule has 2 aromatic carbocycles. The first kappa shape index (κ1) is 16.7. The molecule has 10 heteroatoms. The second-order valence-corrected chi connectivity index (χ2v) is 6.19. The number of carbonyl (C=O) groups is 1. The Morgan fingerprint density at radius 2 is 1.83 bits per heavy atom. The van der Waals surface area contributed by atoms with E-state index in [1.165, 1.54) is 11.0 Å². The summed E-state index contributed by atoms with van der Waals surface area (Å²) >= 11 is 0. The van der Waals surface area contributed by atoms with Crippen LogP contribution in [0.5, 0.6) is 0 Å². The van der Waals surface area contributed by atoms with E-state index < -0.39 is 0 Å². The molecule has 0 fully saturated rings. The Morgan fingerprint density at radius 3 is 2.66 bits per heavy atom. The van der Waals surface area contributed by atoms with Crippen LogP contribution in [0.2, 0.25) is 0 Å². The van der Waals surface area contributed by atoms with Gasteiger partial charge in [0.05, 0.1) is 11.4 Å². The Kier molecular flexibility index (Phi) is 3.98. The zero-order valence-corrected chi connectivity index (χ0v) is 14.9. The molecule has 0 atom stereocenters. The van der Waals surface area contributed by atoms with Gasteiger partial charge in [0, 0.05) is 16.8 Å². The maximum Gasteiger partial charge on any atom is 0.255 e. The number of aromatic nitrogens is 8. The van der Waals surface area contributed by atoms with Gasteiger partial charge in [0.2, 0.25) is 0 Å². The second-order valence-electron chi connectivity index (χ2n) is 6.19. The lowest BCUT2D eigenvalue weighted by atomic mass is 10.1. The third kappa shape index (κ3) is 3.30. The van der Waals surface area contributed by atoms with Crippen LogP contribution in [-0.4, -0.2) is 45.9 Å². The summed E-state index contributed by atoms with van der Waals surface area (Å²) in [7, 11) is 0. The third-order valence-corrected chi connectivity index (χ3v) is 4.32. The molecule has 0 radical (unpaired) electrons. The zero-order valence-electron chi connectivity index (χ0n) is 14.9. The molecular weight excluding hydrogens is 370 g/mol. The molecule has 0 aliphatic carbocycles. The fourth-order valence-corrected chi connectivity index (χ4v) is 2.88. The number of amides is 1. The van der Waals surface area contributed by atoms with Gasteiger partial charge in [-0.2, -0.15) is 9.61 Å². The number of nitrogens with one attached hydrogen (secondary N) is 1. The van der Waals surface area contributed by atoms with Gasteiger partial charge in [-0.1, -0.05) is 18.2 Å². The molecule has 0 saturated heterocycles. The minimum absolute atomic E-state index is 0.225. The van der Waals surface area contributed by atoms with Crippen molar-refractivity contribution < 1.29 is 4.79 Å². The Labute approximate surface area is 163 Å². The number of rotatable bonds is 4. The Balaban J connectivity index is 1.34. The molecule has 0 spiro atoms. The summed E-state index contributed by atoms with van der Waals surface area (Å²) in [5, 5.41) is 26.2. The fraction of sp³-hybridized carbons (Fsp3) is 0. The van der Waals surface area contributed by atoms with Crippen molar-refractivity contribution in [3.05, 3.63) is 78.9 Å². The zero-order chi connectivity index (χ0) is 19.6. The SMILES string of the molecule is O=C(Nc1ccc(-c2ccc3nncn3n2)cc1)c1cccc(-n2cnnn2)c1. The van der Waals surface area contributed by atoms with E-state index in [1.54, 1.807) is 29.0 Å². The van der Waals surface area contributed by atoms with E-state index in [9.17, 15) is 4.79 Å². The molecule has 5 rings (SSSR count). The highest BCUT2D eigenvalue weighted by molar-refractivity contribution is 6.04. The number of fused-ring (bicyclic) bond motifs is 1. The van der Waals surface area contributed by atoms with Crippen molar-refractivity contribution in [2.75, 3.05) is 5.32 Å².